The lowest BCUT2D eigenvalue weighted by atomic mass is 9.86. The number of nitrogens with zero attached hydrogens (tertiary/aromatic N) is 2. The molecule has 3 aliphatic rings. The van der Waals surface area contributed by atoms with Crippen molar-refractivity contribution >= 4 is 16.9 Å². The molecular formula is C23H21N3O5. The smallest absolute Gasteiger partial charge is 0.343 e. The third-order valence-electron chi connectivity index (χ3n) is 6.82. The van der Waals surface area contributed by atoms with Crippen molar-refractivity contribution in [2.75, 3.05) is 6.61 Å². The van der Waals surface area contributed by atoms with Gasteiger partial charge in [-0.2, -0.15) is 0 Å². The van der Waals surface area contributed by atoms with E-state index in [0.29, 0.717) is 42.2 Å². The van der Waals surface area contributed by atoms with Crippen molar-refractivity contribution in [3.8, 4) is 17.1 Å². The molecule has 8 nitrogen and oxygen atoms in total. The molecule has 0 amide bonds. The molecule has 0 radical (unpaired) electrons. The summed E-state index contributed by atoms with van der Waals surface area (Å²) in [5, 5.41) is 11.9. The van der Waals surface area contributed by atoms with E-state index in [1.165, 1.54) is 0 Å². The molecule has 3 N–H and O–H groups in total. The molecule has 1 atom stereocenters. The van der Waals surface area contributed by atoms with Crippen molar-refractivity contribution in [3.05, 3.63) is 56.4 Å². The predicted molar refractivity (Wildman–Crippen MR) is 112 cm³/mol. The molecule has 0 saturated carbocycles. The molecular weight excluding hydrogens is 398 g/mol. The Morgan fingerprint density at radius 1 is 1.23 bits per heavy atom. The first-order valence-electron chi connectivity index (χ1n) is 10.4. The van der Waals surface area contributed by atoms with Crippen LogP contribution in [0.25, 0.3) is 22.3 Å². The van der Waals surface area contributed by atoms with Crippen LogP contribution in [0.2, 0.25) is 0 Å². The zero-order chi connectivity index (χ0) is 21.5. The molecule has 3 aromatic rings. The highest BCUT2D eigenvalue weighted by Crippen LogP contribution is 2.41. The molecule has 0 saturated heterocycles. The first kappa shape index (κ1) is 18.5. The van der Waals surface area contributed by atoms with E-state index in [1.54, 1.807) is 17.6 Å². The summed E-state index contributed by atoms with van der Waals surface area (Å²) in [7, 11) is 0. The monoisotopic (exact) mass is 419 g/mol. The summed E-state index contributed by atoms with van der Waals surface area (Å²) in [6.45, 7) is 2.83. The highest BCUT2D eigenvalue weighted by Gasteiger charge is 2.45. The van der Waals surface area contributed by atoms with E-state index in [1.807, 2.05) is 12.1 Å². The fourth-order valence-corrected chi connectivity index (χ4v) is 5.07. The van der Waals surface area contributed by atoms with Crippen molar-refractivity contribution in [3.63, 3.8) is 0 Å². The summed E-state index contributed by atoms with van der Waals surface area (Å²) in [5.74, 6) is 0.130. The minimum Gasteiger partial charge on any atom is -0.493 e. The van der Waals surface area contributed by atoms with Crippen molar-refractivity contribution in [1.29, 1.82) is 0 Å². The third kappa shape index (κ3) is 2.29. The molecule has 0 bridgehead atoms. The largest absolute Gasteiger partial charge is 0.493 e. The second kappa shape index (κ2) is 6.15. The molecule has 2 aromatic heterocycles. The summed E-state index contributed by atoms with van der Waals surface area (Å²) < 4.78 is 12.5. The number of hydrogen-bond acceptors (Lipinski definition) is 7. The SMILES string of the molecule is CC[C@@]1(O)C(=O)OCc2c1cc1n(c2=O)Cc2c-1nc1cc3c(cc1c2CN)OCC3. The number of cyclic esters (lactones) is 1. The van der Waals surface area contributed by atoms with Crippen molar-refractivity contribution in [2.24, 2.45) is 5.73 Å². The van der Waals surface area contributed by atoms with Gasteiger partial charge in [-0.05, 0) is 35.7 Å². The van der Waals surface area contributed by atoms with E-state index < -0.39 is 11.6 Å². The van der Waals surface area contributed by atoms with Crippen LogP contribution >= 0.6 is 0 Å². The van der Waals surface area contributed by atoms with Gasteiger partial charge in [0.05, 0.1) is 35.6 Å². The Hall–Kier alpha value is -3.23. The molecule has 3 aliphatic heterocycles. The van der Waals surface area contributed by atoms with Crippen LogP contribution in [0.1, 0.15) is 41.2 Å². The average molecular weight is 419 g/mol. The Labute approximate surface area is 177 Å². The molecule has 0 fully saturated rings. The van der Waals surface area contributed by atoms with Crippen molar-refractivity contribution < 1.29 is 19.4 Å². The Balaban J connectivity index is 1.65. The number of pyridine rings is 2. The quantitative estimate of drug-likeness (QED) is 0.473. The first-order valence-corrected chi connectivity index (χ1v) is 10.4. The summed E-state index contributed by atoms with van der Waals surface area (Å²) in [6, 6.07) is 5.74. The van der Waals surface area contributed by atoms with Gasteiger partial charge in [-0.1, -0.05) is 6.92 Å². The van der Waals surface area contributed by atoms with Gasteiger partial charge in [-0.3, -0.25) is 4.79 Å². The number of fused-ring (bicyclic) bond motifs is 6. The van der Waals surface area contributed by atoms with Crippen LogP contribution in [0.15, 0.2) is 23.0 Å². The lowest BCUT2D eigenvalue weighted by Gasteiger charge is -2.31. The first-order chi connectivity index (χ1) is 15.0. The standard InChI is InChI=1S/C23H21N3O5/c1-2-23(29)16-7-18-20-14(9-26(18)21(27)15(16)10-31-22(23)28)13(8-24)12-6-19-11(3-4-30-19)5-17(12)25-20/h5-7,29H,2-4,8-10,24H2,1H3/t23-/m0/s1. The number of hydrogen-bond donors (Lipinski definition) is 2. The maximum absolute atomic E-state index is 13.3. The van der Waals surface area contributed by atoms with Gasteiger partial charge in [-0.15, -0.1) is 0 Å². The minimum absolute atomic E-state index is 0.111. The van der Waals surface area contributed by atoms with E-state index in [-0.39, 0.29) is 18.6 Å². The molecule has 0 spiro atoms. The summed E-state index contributed by atoms with van der Waals surface area (Å²) in [4.78, 5) is 30.5. The van der Waals surface area contributed by atoms with Gasteiger partial charge in [0.25, 0.3) is 5.56 Å². The summed E-state index contributed by atoms with van der Waals surface area (Å²) >= 11 is 0. The molecule has 0 aliphatic carbocycles. The second-order valence-corrected chi connectivity index (χ2v) is 8.30. The van der Waals surface area contributed by atoms with E-state index in [0.717, 1.165) is 39.8 Å². The Bertz CT molecular complexity index is 1380. The number of aromatic nitrogens is 2. The van der Waals surface area contributed by atoms with Gasteiger partial charge >= 0.3 is 5.97 Å². The number of rotatable bonds is 2. The fourth-order valence-electron chi connectivity index (χ4n) is 5.07. The maximum Gasteiger partial charge on any atom is 0.343 e. The number of ether oxygens (including phenoxy) is 2. The topological polar surface area (TPSA) is 117 Å². The number of carbonyl (C=O) groups is 1. The number of esters is 1. The zero-order valence-electron chi connectivity index (χ0n) is 17.0. The zero-order valence-corrected chi connectivity index (χ0v) is 17.0. The van der Waals surface area contributed by atoms with Gasteiger partial charge in [0.2, 0.25) is 0 Å². The Kier molecular flexibility index (Phi) is 3.68. The lowest BCUT2D eigenvalue weighted by molar-refractivity contribution is -0.172. The van der Waals surface area contributed by atoms with Gasteiger partial charge in [0, 0.05) is 29.5 Å². The van der Waals surface area contributed by atoms with Crippen LogP contribution in [-0.2, 0) is 41.2 Å². The van der Waals surface area contributed by atoms with E-state index in [2.05, 4.69) is 0 Å². The van der Waals surface area contributed by atoms with Crippen LogP contribution in [-0.4, -0.2) is 27.2 Å². The van der Waals surface area contributed by atoms with Gasteiger partial charge < -0.3 is 24.9 Å². The van der Waals surface area contributed by atoms with E-state index in [4.69, 9.17) is 20.2 Å². The average Bonchev–Trinajstić information content (AvgIpc) is 3.38. The predicted octanol–water partition coefficient (Wildman–Crippen LogP) is 1.47. The van der Waals surface area contributed by atoms with Crippen LogP contribution in [0, 0.1) is 0 Å². The fraction of sp³-hybridized carbons (Fsp3) is 0.348. The Morgan fingerprint density at radius 3 is 2.84 bits per heavy atom. The third-order valence-corrected chi connectivity index (χ3v) is 6.82. The van der Waals surface area contributed by atoms with E-state index in [9.17, 15) is 14.7 Å². The highest BCUT2D eigenvalue weighted by molar-refractivity contribution is 5.90. The highest BCUT2D eigenvalue weighted by atomic mass is 16.6. The normalized spacial score (nSPS) is 20.7. The molecule has 31 heavy (non-hydrogen) atoms. The van der Waals surface area contributed by atoms with Crippen LogP contribution in [0.3, 0.4) is 0 Å². The molecule has 5 heterocycles. The molecule has 6 rings (SSSR count). The van der Waals surface area contributed by atoms with Gasteiger partial charge in [0.15, 0.2) is 5.60 Å². The molecule has 8 heteroatoms. The molecule has 1 aromatic carbocycles. The number of carbonyl (C=O) groups excluding carboxylic acids is 1. The molecule has 158 valence electrons. The summed E-state index contributed by atoms with van der Waals surface area (Å²) in [5.41, 5.74) is 9.65. The second-order valence-electron chi connectivity index (χ2n) is 8.30. The summed E-state index contributed by atoms with van der Waals surface area (Å²) in [6.07, 6.45) is 0.942. The van der Waals surface area contributed by atoms with E-state index >= 15 is 0 Å². The molecule has 0 unspecified atom stereocenters. The van der Waals surface area contributed by atoms with Crippen molar-refractivity contribution in [2.45, 2.75) is 45.1 Å². The van der Waals surface area contributed by atoms with Crippen LogP contribution in [0.4, 0.5) is 0 Å². The van der Waals surface area contributed by atoms with Gasteiger partial charge in [0.1, 0.15) is 12.4 Å². The van der Waals surface area contributed by atoms with Crippen LogP contribution in [0.5, 0.6) is 5.75 Å². The maximum atomic E-state index is 13.3. The number of aliphatic hydroxyl groups is 1. The van der Waals surface area contributed by atoms with Crippen LogP contribution < -0.4 is 16.0 Å². The van der Waals surface area contributed by atoms with Crippen molar-refractivity contribution in [1.82, 2.24) is 9.55 Å². The Morgan fingerprint density at radius 2 is 2.06 bits per heavy atom. The van der Waals surface area contributed by atoms with Gasteiger partial charge in [-0.25, -0.2) is 9.78 Å². The minimum atomic E-state index is -1.84. The lowest BCUT2D eigenvalue weighted by Crippen LogP contribution is -2.44. The number of benzene rings is 1. The number of nitrogens with two attached hydrogens (primary N) is 1.